The number of rotatable bonds is 9. The third-order valence-corrected chi connectivity index (χ3v) is 10.7. The molecule has 0 saturated heterocycles. The lowest BCUT2D eigenvalue weighted by Crippen LogP contribution is -2.63. The number of ketones is 1. The van der Waals surface area contributed by atoms with Gasteiger partial charge in [-0.25, -0.2) is 19.4 Å². The molecule has 4 aliphatic carbocycles. The number of nitrogens with two attached hydrogens (primary N) is 1. The number of hydrogen-bond acceptors (Lipinski definition) is 10. The van der Waals surface area contributed by atoms with Crippen LogP contribution in [0.15, 0.2) is 36.3 Å². The van der Waals surface area contributed by atoms with E-state index in [1.54, 1.807) is 19.9 Å². The van der Waals surface area contributed by atoms with Gasteiger partial charge in [-0.2, -0.15) is 0 Å². The molecule has 9 atom stereocenters. The Balaban J connectivity index is 1.56. The minimum atomic E-state index is -1.91. The van der Waals surface area contributed by atoms with Crippen LogP contribution in [-0.4, -0.2) is 75.3 Å². The maximum absolute atomic E-state index is 14.0. The highest BCUT2D eigenvalue weighted by atomic mass is 16.7. The van der Waals surface area contributed by atoms with Crippen molar-refractivity contribution in [2.24, 2.45) is 34.3 Å². The largest absolute Gasteiger partial charge is 0.509 e. The van der Waals surface area contributed by atoms with Crippen molar-refractivity contribution in [2.75, 3.05) is 6.61 Å². The van der Waals surface area contributed by atoms with Crippen LogP contribution in [0.25, 0.3) is 0 Å². The van der Waals surface area contributed by atoms with Crippen LogP contribution in [0.3, 0.4) is 0 Å². The van der Waals surface area contributed by atoms with Crippen molar-refractivity contribution in [3.05, 3.63) is 42.0 Å². The molecule has 0 radical (unpaired) electrons. The molecule has 45 heavy (non-hydrogen) atoms. The van der Waals surface area contributed by atoms with Crippen LogP contribution in [0.5, 0.6) is 0 Å². The third kappa shape index (κ3) is 5.55. The SMILES string of the molecule is CCOC(=O)O[C@]1(C(=O)O)CC[C@H]2[C@@H]3CCC4=CC(=O)C=C[C@]4(C)[C@H]3[C@@H](OC(=O)C(Cc3cnc[nH]3)NC(=O)C(C)N)C[C@@]21C. The molecule has 1 amide bonds. The summed E-state index contributed by atoms with van der Waals surface area (Å²) in [6.07, 6.45) is 8.06. The average Bonchev–Trinajstić information content (AvgIpc) is 3.59. The zero-order valence-electron chi connectivity index (χ0n) is 26.0. The molecule has 5 N–H and O–H groups in total. The molecular formula is C32H42N4O9. The molecule has 0 aliphatic heterocycles. The topological polar surface area (TPSA) is 200 Å². The fourth-order valence-electron chi connectivity index (χ4n) is 8.59. The first kappa shape index (κ1) is 32.4. The van der Waals surface area contributed by atoms with E-state index < -0.39 is 58.6 Å². The lowest BCUT2D eigenvalue weighted by molar-refractivity contribution is -0.204. The zero-order chi connectivity index (χ0) is 32.7. The van der Waals surface area contributed by atoms with Crippen LogP contribution >= 0.6 is 0 Å². The Bertz CT molecular complexity index is 1420. The molecule has 0 spiro atoms. The van der Waals surface area contributed by atoms with E-state index >= 15 is 0 Å². The molecule has 1 heterocycles. The first-order valence-corrected chi connectivity index (χ1v) is 15.5. The van der Waals surface area contributed by atoms with Gasteiger partial charge in [-0.05, 0) is 69.9 Å². The van der Waals surface area contributed by atoms with E-state index in [9.17, 15) is 29.1 Å². The molecule has 13 nitrogen and oxygen atoms in total. The van der Waals surface area contributed by atoms with E-state index in [2.05, 4.69) is 15.3 Å². The fourth-order valence-corrected chi connectivity index (χ4v) is 8.59. The van der Waals surface area contributed by atoms with Crippen molar-refractivity contribution >= 4 is 29.8 Å². The number of aromatic amines is 1. The van der Waals surface area contributed by atoms with Gasteiger partial charge in [0.05, 0.1) is 19.0 Å². The number of carbonyl (C=O) groups excluding carboxylic acids is 4. The average molecular weight is 627 g/mol. The summed E-state index contributed by atoms with van der Waals surface area (Å²) in [7, 11) is 0. The number of H-pyrrole nitrogens is 1. The number of carboxylic acid groups (broad SMARTS) is 1. The Kier molecular flexibility index (Phi) is 8.69. The number of hydrogen-bond donors (Lipinski definition) is 4. The summed E-state index contributed by atoms with van der Waals surface area (Å²) >= 11 is 0. The number of aliphatic carboxylic acids is 1. The van der Waals surface area contributed by atoms with Crippen molar-refractivity contribution in [1.82, 2.24) is 15.3 Å². The number of amides is 1. The lowest BCUT2D eigenvalue weighted by Gasteiger charge is -2.59. The number of aromatic nitrogens is 2. The van der Waals surface area contributed by atoms with Gasteiger partial charge in [-0.3, -0.25) is 9.59 Å². The van der Waals surface area contributed by atoms with Crippen molar-refractivity contribution < 1.29 is 43.3 Å². The molecule has 1 aromatic rings. The van der Waals surface area contributed by atoms with Crippen molar-refractivity contribution in [3.63, 3.8) is 0 Å². The van der Waals surface area contributed by atoms with Gasteiger partial charge in [0.25, 0.3) is 0 Å². The number of imidazole rings is 1. The second-order valence-corrected chi connectivity index (χ2v) is 13.2. The van der Waals surface area contributed by atoms with E-state index in [4.69, 9.17) is 19.9 Å². The van der Waals surface area contributed by atoms with Gasteiger partial charge >= 0.3 is 18.1 Å². The van der Waals surface area contributed by atoms with Gasteiger partial charge in [0.2, 0.25) is 11.5 Å². The number of esters is 1. The predicted molar refractivity (Wildman–Crippen MR) is 158 cm³/mol. The minimum absolute atomic E-state index is 0.0169. The minimum Gasteiger partial charge on any atom is -0.478 e. The summed E-state index contributed by atoms with van der Waals surface area (Å²) in [6.45, 7) is 6.94. The fraction of sp³-hybridized carbons (Fsp3) is 0.625. The predicted octanol–water partition coefficient (Wildman–Crippen LogP) is 2.61. The molecule has 3 fully saturated rings. The standard InChI is InChI=1S/C32H42N4O9/c1-5-43-29(42)45-32(28(40)41)11-9-22-21-7-6-18-12-20(37)8-10-30(18,3)25(21)24(14-31(22,32)4)44-27(39)23(36-26(38)17(2)33)13-19-15-34-16-35-19/h8,10,12,15-17,21-25H,5-7,9,11,13-14,33H2,1-4H3,(H,34,35)(H,36,38)(H,40,41)/t17?,21-,22-,23?,24-,25+,30-,31-,32-/m0/s1. The summed E-state index contributed by atoms with van der Waals surface area (Å²) in [5, 5.41) is 13.3. The van der Waals surface area contributed by atoms with Gasteiger partial charge in [0.1, 0.15) is 12.1 Å². The summed E-state index contributed by atoms with van der Waals surface area (Å²) < 4.78 is 17.1. The van der Waals surface area contributed by atoms with Crippen LogP contribution < -0.4 is 11.1 Å². The quantitative estimate of drug-likeness (QED) is 0.294. The van der Waals surface area contributed by atoms with Crippen LogP contribution in [-0.2, 0) is 39.8 Å². The molecule has 244 valence electrons. The summed E-state index contributed by atoms with van der Waals surface area (Å²) in [4.78, 5) is 71.7. The first-order valence-electron chi connectivity index (χ1n) is 15.5. The number of carbonyl (C=O) groups is 5. The Morgan fingerprint density at radius 3 is 2.64 bits per heavy atom. The van der Waals surface area contributed by atoms with Crippen LogP contribution in [0.2, 0.25) is 0 Å². The molecule has 13 heteroatoms. The second kappa shape index (κ2) is 12.1. The van der Waals surface area contributed by atoms with Crippen molar-refractivity contribution in [1.29, 1.82) is 0 Å². The van der Waals surface area contributed by atoms with Gasteiger partial charge in [-0.15, -0.1) is 0 Å². The first-order chi connectivity index (χ1) is 21.3. The highest BCUT2D eigenvalue weighted by Gasteiger charge is 2.72. The van der Waals surface area contributed by atoms with Crippen LogP contribution in [0.4, 0.5) is 4.79 Å². The number of carboxylic acids is 1. The third-order valence-electron chi connectivity index (χ3n) is 10.7. The van der Waals surface area contributed by atoms with E-state index in [-0.39, 0.29) is 49.4 Å². The number of allylic oxidation sites excluding steroid dienone is 4. The second-order valence-electron chi connectivity index (χ2n) is 13.2. The number of fused-ring (bicyclic) bond motifs is 5. The number of nitrogens with one attached hydrogen (secondary N) is 2. The van der Waals surface area contributed by atoms with Gasteiger partial charge in [0, 0.05) is 35.1 Å². The van der Waals surface area contributed by atoms with Crippen LogP contribution in [0, 0.1) is 28.6 Å². The van der Waals surface area contributed by atoms with Crippen molar-refractivity contribution in [2.45, 2.75) is 90.0 Å². The number of nitrogens with zero attached hydrogens (tertiary/aromatic N) is 1. The Morgan fingerprint density at radius 1 is 1.24 bits per heavy atom. The van der Waals surface area contributed by atoms with E-state index in [0.29, 0.717) is 25.0 Å². The molecule has 5 rings (SSSR count). The monoisotopic (exact) mass is 626 g/mol. The maximum atomic E-state index is 14.0. The zero-order valence-corrected chi connectivity index (χ0v) is 26.0. The number of ether oxygens (including phenoxy) is 3. The Hall–Kier alpha value is -4.00. The lowest BCUT2D eigenvalue weighted by atomic mass is 9.46. The van der Waals surface area contributed by atoms with E-state index in [1.807, 2.05) is 13.0 Å². The highest BCUT2D eigenvalue weighted by molar-refractivity contribution is 6.01. The smallest absolute Gasteiger partial charge is 0.478 e. The van der Waals surface area contributed by atoms with E-state index in [1.165, 1.54) is 25.5 Å². The van der Waals surface area contributed by atoms with Gasteiger partial charge < -0.3 is 35.4 Å². The Labute approximate surface area is 261 Å². The normalized spacial score (nSPS) is 34.7. The molecule has 4 aliphatic rings. The Morgan fingerprint density at radius 2 is 2.00 bits per heavy atom. The summed E-state index contributed by atoms with van der Waals surface area (Å²) in [5.74, 6) is -3.28. The van der Waals surface area contributed by atoms with Gasteiger partial charge in [0.15, 0.2) is 5.78 Å². The van der Waals surface area contributed by atoms with Gasteiger partial charge in [-0.1, -0.05) is 25.5 Å². The molecule has 0 aromatic carbocycles. The van der Waals surface area contributed by atoms with Crippen molar-refractivity contribution in [3.8, 4) is 0 Å². The van der Waals surface area contributed by atoms with Crippen LogP contribution in [0.1, 0.15) is 65.5 Å². The highest BCUT2D eigenvalue weighted by Crippen LogP contribution is 2.68. The molecule has 1 aromatic heterocycles. The molecule has 0 bridgehead atoms. The maximum Gasteiger partial charge on any atom is 0.509 e. The molecule has 3 saturated carbocycles. The summed E-state index contributed by atoms with van der Waals surface area (Å²) in [6, 6.07) is -2.00. The van der Waals surface area contributed by atoms with E-state index in [0.717, 1.165) is 5.57 Å². The molecular weight excluding hydrogens is 584 g/mol. The molecule has 2 unspecified atom stereocenters. The summed E-state index contributed by atoms with van der Waals surface area (Å²) in [5.41, 5.74) is 3.63.